The van der Waals surface area contributed by atoms with Gasteiger partial charge in [-0.15, -0.1) is 0 Å². The van der Waals surface area contributed by atoms with Crippen molar-refractivity contribution in [3.05, 3.63) is 70.4 Å². The topological polar surface area (TPSA) is 85.4 Å². The molecule has 1 aliphatic heterocycles. The number of fused-ring (bicyclic) bond motifs is 1. The van der Waals surface area contributed by atoms with Crippen LogP contribution in [0, 0.1) is 12.8 Å². The number of carbonyl (C=O) groups excluding carboxylic acids is 1. The van der Waals surface area contributed by atoms with Crippen LogP contribution in [0.3, 0.4) is 0 Å². The fourth-order valence-electron chi connectivity index (χ4n) is 6.18. The number of nitrogens with zero attached hydrogens (tertiary/aromatic N) is 1. The standard InChI is InChI=1S/C30H36ClN3O3/c1-19-6-7-20(16-26(19)31)17-28(35)34-14-12-22(13-15-34)29(30(36)37)33-23-10-8-21(9-11-23)25-18-32-27-5-3-2-4-24(25)27/h2-7,16,18,21-23,29,32-33H,8-15,17H2,1H3,(H,36,37). The van der Waals surface area contributed by atoms with Crippen LogP contribution >= 0.6 is 11.6 Å². The van der Waals surface area contributed by atoms with Crippen LogP contribution < -0.4 is 5.32 Å². The summed E-state index contributed by atoms with van der Waals surface area (Å²) in [5, 5.41) is 15.5. The smallest absolute Gasteiger partial charge is 0.320 e. The highest BCUT2D eigenvalue weighted by molar-refractivity contribution is 6.31. The van der Waals surface area contributed by atoms with Crippen LogP contribution in [0.2, 0.25) is 5.02 Å². The second-order valence-corrected chi connectivity index (χ2v) is 11.2. The number of amides is 1. The van der Waals surface area contributed by atoms with Crippen LogP contribution in [0.15, 0.2) is 48.7 Å². The number of aromatic nitrogens is 1. The number of H-pyrrole nitrogens is 1. The number of rotatable bonds is 7. The monoisotopic (exact) mass is 521 g/mol. The summed E-state index contributed by atoms with van der Waals surface area (Å²) in [6, 6.07) is 13.8. The maximum absolute atomic E-state index is 12.8. The fraction of sp³-hybridized carbons (Fsp3) is 0.467. The molecular weight excluding hydrogens is 486 g/mol. The molecule has 2 aromatic carbocycles. The number of carbonyl (C=O) groups is 2. The number of carboxylic acids is 1. The normalized spacial score (nSPS) is 21.7. The Morgan fingerprint density at radius 2 is 1.81 bits per heavy atom. The first-order valence-corrected chi connectivity index (χ1v) is 13.8. The Labute approximate surface area is 223 Å². The molecule has 1 aromatic heterocycles. The zero-order valence-electron chi connectivity index (χ0n) is 21.4. The Kier molecular flexibility index (Phi) is 7.87. The molecule has 196 valence electrons. The van der Waals surface area contributed by atoms with Gasteiger partial charge in [0.05, 0.1) is 6.42 Å². The summed E-state index contributed by atoms with van der Waals surface area (Å²) in [4.78, 5) is 30.3. The number of para-hydroxylation sites is 1. The van der Waals surface area contributed by atoms with Crippen molar-refractivity contribution in [2.45, 2.75) is 69.9 Å². The van der Waals surface area contributed by atoms with Gasteiger partial charge in [-0.2, -0.15) is 0 Å². The van der Waals surface area contributed by atoms with E-state index in [1.165, 1.54) is 16.5 Å². The average Bonchev–Trinajstić information content (AvgIpc) is 3.34. The zero-order valence-corrected chi connectivity index (χ0v) is 22.1. The minimum atomic E-state index is -0.780. The number of aryl methyl sites for hydroxylation is 1. The number of nitrogens with one attached hydrogen (secondary N) is 2. The molecular formula is C30H36ClN3O3. The molecule has 5 rings (SSSR count). The summed E-state index contributed by atoms with van der Waals surface area (Å²) in [5.74, 6) is -0.163. The molecule has 2 fully saturated rings. The summed E-state index contributed by atoms with van der Waals surface area (Å²) in [7, 11) is 0. The van der Waals surface area contributed by atoms with Crippen LogP contribution in [0.4, 0.5) is 0 Å². The van der Waals surface area contributed by atoms with Crippen molar-refractivity contribution < 1.29 is 14.7 Å². The van der Waals surface area contributed by atoms with Crippen LogP contribution in [0.25, 0.3) is 10.9 Å². The number of aliphatic carboxylic acids is 1. The van der Waals surface area contributed by atoms with E-state index in [0.717, 1.165) is 36.8 Å². The third kappa shape index (κ3) is 5.86. The van der Waals surface area contributed by atoms with E-state index in [2.05, 4.69) is 40.8 Å². The van der Waals surface area contributed by atoms with Crippen molar-refractivity contribution >= 4 is 34.4 Å². The SMILES string of the molecule is Cc1ccc(CC(=O)N2CCC(C(NC3CCC(c4c[nH]c5ccccc45)CC3)C(=O)O)CC2)cc1Cl. The molecule has 3 aromatic rings. The van der Waals surface area contributed by atoms with E-state index in [1.807, 2.05) is 30.0 Å². The van der Waals surface area contributed by atoms with Crippen molar-refractivity contribution in [3.8, 4) is 0 Å². The van der Waals surface area contributed by atoms with E-state index in [9.17, 15) is 14.7 Å². The van der Waals surface area contributed by atoms with Gasteiger partial charge in [-0.1, -0.05) is 41.9 Å². The molecule has 0 bridgehead atoms. The van der Waals surface area contributed by atoms with E-state index >= 15 is 0 Å². The van der Waals surface area contributed by atoms with E-state index in [0.29, 0.717) is 43.3 Å². The number of benzene rings is 2. The highest BCUT2D eigenvalue weighted by Gasteiger charge is 2.35. The minimum Gasteiger partial charge on any atom is -0.480 e. The first-order chi connectivity index (χ1) is 17.9. The van der Waals surface area contributed by atoms with E-state index < -0.39 is 12.0 Å². The first kappa shape index (κ1) is 25.8. The lowest BCUT2D eigenvalue weighted by Crippen LogP contribution is -2.52. The Morgan fingerprint density at radius 1 is 1.08 bits per heavy atom. The molecule has 1 saturated carbocycles. The van der Waals surface area contributed by atoms with Gasteiger partial charge in [0.1, 0.15) is 6.04 Å². The number of carboxylic acid groups (broad SMARTS) is 1. The van der Waals surface area contributed by atoms with Crippen LogP contribution in [0.1, 0.15) is 61.1 Å². The molecule has 2 aliphatic rings. The highest BCUT2D eigenvalue weighted by Crippen LogP contribution is 2.37. The van der Waals surface area contributed by atoms with Gasteiger partial charge in [0.2, 0.25) is 5.91 Å². The van der Waals surface area contributed by atoms with Crippen molar-refractivity contribution in [1.29, 1.82) is 0 Å². The lowest BCUT2D eigenvalue weighted by molar-refractivity contribution is -0.142. The summed E-state index contributed by atoms with van der Waals surface area (Å²) in [5.41, 5.74) is 4.47. The molecule has 1 unspecified atom stereocenters. The second-order valence-electron chi connectivity index (χ2n) is 10.8. The third-order valence-corrected chi connectivity index (χ3v) is 8.83. The summed E-state index contributed by atoms with van der Waals surface area (Å²) in [6.07, 6.45) is 7.94. The minimum absolute atomic E-state index is 0.0294. The molecule has 37 heavy (non-hydrogen) atoms. The Balaban J connectivity index is 1.12. The molecule has 1 amide bonds. The quantitative estimate of drug-likeness (QED) is 0.373. The van der Waals surface area contributed by atoms with Crippen LogP contribution in [0.5, 0.6) is 0 Å². The lowest BCUT2D eigenvalue weighted by Gasteiger charge is -2.37. The predicted molar refractivity (Wildman–Crippen MR) is 147 cm³/mol. The van der Waals surface area contributed by atoms with E-state index in [4.69, 9.17) is 11.6 Å². The number of piperidine rings is 1. The third-order valence-electron chi connectivity index (χ3n) is 8.42. The van der Waals surface area contributed by atoms with Gasteiger partial charge >= 0.3 is 5.97 Å². The molecule has 1 aliphatic carbocycles. The van der Waals surface area contributed by atoms with Crippen LogP contribution in [-0.2, 0) is 16.0 Å². The highest BCUT2D eigenvalue weighted by atomic mass is 35.5. The molecule has 3 N–H and O–H groups in total. The Morgan fingerprint density at radius 3 is 2.51 bits per heavy atom. The van der Waals surface area contributed by atoms with Crippen molar-refractivity contribution in [3.63, 3.8) is 0 Å². The van der Waals surface area contributed by atoms with E-state index in [-0.39, 0.29) is 17.9 Å². The summed E-state index contributed by atoms with van der Waals surface area (Å²) >= 11 is 6.21. The number of halogens is 1. The lowest BCUT2D eigenvalue weighted by atomic mass is 9.80. The number of likely N-dealkylation sites (tertiary alicyclic amines) is 1. The molecule has 0 spiro atoms. The van der Waals surface area contributed by atoms with Gasteiger partial charge in [0.15, 0.2) is 0 Å². The van der Waals surface area contributed by atoms with Gasteiger partial charge in [0, 0.05) is 41.3 Å². The largest absolute Gasteiger partial charge is 0.480 e. The van der Waals surface area contributed by atoms with Crippen molar-refractivity contribution in [1.82, 2.24) is 15.2 Å². The van der Waals surface area contributed by atoms with E-state index in [1.54, 1.807) is 0 Å². The summed E-state index contributed by atoms with van der Waals surface area (Å²) < 4.78 is 0. The van der Waals surface area contributed by atoms with Gasteiger partial charge in [-0.25, -0.2) is 0 Å². The Hall–Kier alpha value is -2.83. The van der Waals surface area contributed by atoms with Crippen molar-refractivity contribution in [2.24, 2.45) is 5.92 Å². The maximum atomic E-state index is 12.8. The number of hydrogen-bond acceptors (Lipinski definition) is 3. The first-order valence-electron chi connectivity index (χ1n) is 13.5. The zero-order chi connectivity index (χ0) is 25.9. The number of hydrogen-bond donors (Lipinski definition) is 3. The molecule has 0 radical (unpaired) electrons. The van der Waals surface area contributed by atoms with Gasteiger partial charge in [0.25, 0.3) is 0 Å². The van der Waals surface area contributed by atoms with Gasteiger partial charge < -0.3 is 20.3 Å². The molecule has 1 saturated heterocycles. The molecule has 2 heterocycles. The molecule has 1 atom stereocenters. The van der Waals surface area contributed by atoms with Gasteiger partial charge in [-0.3, -0.25) is 9.59 Å². The van der Waals surface area contributed by atoms with Gasteiger partial charge in [-0.05, 0) is 86.1 Å². The van der Waals surface area contributed by atoms with Crippen LogP contribution in [-0.4, -0.2) is 52.0 Å². The molecule has 6 nitrogen and oxygen atoms in total. The average molecular weight is 522 g/mol. The molecule has 7 heteroatoms. The Bertz CT molecular complexity index is 1260. The fourth-order valence-corrected chi connectivity index (χ4v) is 6.38. The predicted octanol–water partition coefficient (Wildman–Crippen LogP) is 5.68. The van der Waals surface area contributed by atoms with Crippen molar-refractivity contribution in [2.75, 3.05) is 13.1 Å². The second kappa shape index (κ2) is 11.3. The number of aromatic amines is 1. The maximum Gasteiger partial charge on any atom is 0.320 e. The summed E-state index contributed by atoms with van der Waals surface area (Å²) in [6.45, 7) is 3.14.